The number of benzene rings is 1. The molecule has 2 amide bonds. The monoisotopic (exact) mass is 378 g/mol. The summed E-state index contributed by atoms with van der Waals surface area (Å²) in [5.41, 5.74) is 9.45. The van der Waals surface area contributed by atoms with Crippen molar-refractivity contribution in [1.29, 1.82) is 0 Å². The van der Waals surface area contributed by atoms with Crippen LogP contribution in [0.4, 0.5) is 0 Å². The van der Waals surface area contributed by atoms with E-state index in [4.69, 9.17) is 5.73 Å². The molecule has 0 spiro atoms. The molecule has 1 aliphatic rings. The SMILES string of the molecule is CN(C)Cc1nn2c(C(=O)NC3Cc4ccccc4C3)ccnc2c1C(N)=O. The molecule has 4 rings (SSSR count). The van der Waals surface area contributed by atoms with Crippen LogP contribution in [0.25, 0.3) is 5.65 Å². The Kier molecular flexibility index (Phi) is 4.56. The Hall–Kier alpha value is -3.26. The van der Waals surface area contributed by atoms with E-state index in [0.29, 0.717) is 23.6 Å². The predicted octanol–water partition coefficient (Wildman–Crippen LogP) is 0.787. The quantitative estimate of drug-likeness (QED) is 0.683. The zero-order valence-electron chi connectivity index (χ0n) is 15.8. The molecule has 3 aromatic rings. The van der Waals surface area contributed by atoms with Crippen LogP contribution in [-0.2, 0) is 19.4 Å². The number of amides is 2. The van der Waals surface area contributed by atoms with Crippen molar-refractivity contribution in [2.45, 2.75) is 25.4 Å². The fourth-order valence-electron chi connectivity index (χ4n) is 3.74. The van der Waals surface area contributed by atoms with Gasteiger partial charge in [-0.3, -0.25) is 9.59 Å². The van der Waals surface area contributed by atoms with Crippen molar-refractivity contribution in [3.8, 4) is 0 Å². The van der Waals surface area contributed by atoms with Gasteiger partial charge in [-0.1, -0.05) is 24.3 Å². The molecule has 0 saturated carbocycles. The minimum atomic E-state index is -0.608. The summed E-state index contributed by atoms with van der Waals surface area (Å²) in [6.07, 6.45) is 3.10. The van der Waals surface area contributed by atoms with Gasteiger partial charge in [-0.05, 0) is 44.1 Å². The van der Waals surface area contributed by atoms with E-state index in [1.54, 1.807) is 6.07 Å². The molecule has 1 aliphatic carbocycles. The molecular formula is C20H22N6O2. The van der Waals surface area contributed by atoms with Gasteiger partial charge in [0.05, 0.1) is 5.69 Å². The molecule has 0 atom stereocenters. The lowest BCUT2D eigenvalue weighted by Gasteiger charge is -2.12. The highest BCUT2D eigenvalue weighted by atomic mass is 16.2. The molecule has 8 heteroatoms. The first-order valence-electron chi connectivity index (χ1n) is 9.13. The van der Waals surface area contributed by atoms with Gasteiger partial charge in [0.2, 0.25) is 0 Å². The van der Waals surface area contributed by atoms with Gasteiger partial charge in [0.25, 0.3) is 11.8 Å². The summed E-state index contributed by atoms with van der Waals surface area (Å²) in [4.78, 5) is 31.0. The number of nitrogens with two attached hydrogens (primary N) is 1. The number of nitrogens with one attached hydrogen (secondary N) is 1. The minimum Gasteiger partial charge on any atom is -0.365 e. The van der Waals surface area contributed by atoms with Crippen LogP contribution < -0.4 is 11.1 Å². The normalized spacial score (nSPS) is 13.8. The maximum Gasteiger partial charge on any atom is 0.270 e. The summed E-state index contributed by atoms with van der Waals surface area (Å²) in [5.74, 6) is -0.858. The van der Waals surface area contributed by atoms with Crippen LogP contribution in [0.2, 0.25) is 0 Å². The second kappa shape index (κ2) is 7.05. The number of carbonyl (C=O) groups is 2. The number of nitrogens with zero attached hydrogens (tertiary/aromatic N) is 4. The van der Waals surface area contributed by atoms with Crippen LogP contribution in [0.15, 0.2) is 36.5 Å². The van der Waals surface area contributed by atoms with Crippen LogP contribution in [0, 0.1) is 0 Å². The van der Waals surface area contributed by atoms with Crippen LogP contribution in [0.1, 0.15) is 37.7 Å². The molecule has 3 N–H and O–H groups in total. The summed E-state index contributed by atoms with van der Waals surface area (Å²) in [7, 11) is 3.74. The number of primary amides is 1. The number of hydrogen-bond acceptors (Lipinski definition) is 5. The Morgan fingerprint density at radius 2 is 1.89 bits per heavy atom. The third-order valence-electron chi connectivity index (χ3n) is 4.92. The Morgan fingerprint density at radius 1 is 1.21 bits per heavy atom. The van der Waals surface area contributed by atoms with Gasteiger partial charge >= 0.3 is 0 Å². The number of carbonyl (C=O) groups excluding carboxylic acids is 2. The predicted molar refractivity (Wildman–Crippen MR) is 104 cm³/mol. The highest BCUT2D eigenvalue weighted by Gasteiger charge is 2.26. The molecule has 0 aliphatic heterocycles. The summed E-state index contributed by atoms with van der Waals surface area (Å²) < 4.78 is 1.41. The topological polar surface area (TPSA) is 106 Å². The lowest BCUT2D eigenvalue weighted by Crippen LogP contribution is -2.36. The van der Waals surface area contributed by atoms with E-state index in [1.165, 1.54) is 21.8 Å². The number of rotatable bonds is 5. The molecule has 0 radical (unpaired) electrons. The maximum atomic E-state index is 13.0. The first kappa shape index (κ1) is 18.1. The minimum absolute atomic E-state index is 0.0283. The van der Waals surface area contributed by atoms with E-state index in [2.05, 4.69) is 27.5 Å². The van der Waals surface area contributed by atoms with Crippen LogP contribution in [-0.4, -0.2) is 51.4 Å². The zero-order chi connectivity index (χ0) is 19.8. The first-order valence-corrected chi connectivity index (χ1v) is 9.13. The molecule has 28 heavy (non-hydrogen) atoms. The van der Waals surface area contributed by atoms with Crippen molar-refractivity contribution in [3.05, 3.63) is 64.6 Å². The van der Waals surface area contributed by atoms with Crippen molar-refractivity contribution in [3.63, 3.8) is 0 Å². The van der Waals surface area contributed by atoms with Gasteiger partial charge in [0.15, 0.2) is 5.65 Å². The van der Waals surface area contributed by atoms with E-state index < -0.39 is 5.91 Å². The molecule has 0 unspecified atom stereocenters. The Morgan fingerprint density at radius 3 is 2.50 bits per heavy atom. The Bertz CT molecular complexity index is 1050. The van der Waals surface area contributed by atoms with Gasteiger partial charge in [0, 0.05) is 18.8 Å². The van der Waals surface area contributed by atoms with E-state index in [-0.39, 0.29) is 17.5 Å². The lowest BCUT2D eigenvalue weighted by molar-refractivity contribution is 0.0929. The van der Waals surface area contributed by atoms with Crippen LogP contribution >= 0.6 is 0 Å². The first-order chi connectivity index (χ1) is 13.4. The van der Waals surface area contributed by atoms with Crippen molar-refractivity contribution in [1.82, 2.24) is 24.8 Å². The molecule has 2 aromatic heterocycles. The van der Waals surface area contributed by atoms with Crippen molar-refractivity contribution in [2.24, 2.45) is 5.73 Å². The largest absolute Gasteiger partial charge is 0.365 e. The van der Waals surface area contributed by atoms with Crippen molar-refractivity contribution in [2.75, 3.05) is 14.1 Å². The van der Waals surface area contributed by atoms with Crippen molar-refractivity contribution < 1.29 is 9.59 Å². The van der Waals surface area contributed by atoms with Crippen molar-refractivity contribution >= 4 is 17.5 Å². The van der Waals surface area contributed by atoms with Gasteiger partial charge in [-0.2, -0.15) is 5.10 Å². The maximum absolute atomic E-state index is 13.0. The fraction of sp³-hybridized carbons (Fsp3) is 0.300. The second-order valence-electron chi connectivity index (χ2n) is 7.34. The smallest absolute Gasteiger partial charge is 0.270 e. The third kappa shape index (κ3) is 3.22. The van der Waals surface area contributed by atoms with E-state index in [1.807, 2.05) is 31.1 Å². The Balaban J connectivity index is 1.65. The summed E-state index contributed by atoms with van der Waals surface area (Å²) in [6.45, 7) is 0.417. The molecule has 2 heterocycles. The number of hydrogen-bond donors (Lipinski definition) is 2. The molecule has 1 aromatic carbocycles. The fourth-order valence-corrected chi connectivity index (χ4v) is 3.74. The zero-order valence-corrected chi connectivity index (χ0v) is 15.8. The van der Waals surface area contributed by atoms with Crippen LogP contribution in [0.5, 0.6) is 0 Å². The van der Waals surface area contributed by atoms with Gasteiger partial charge in [-0.15, -0.1) is 0 Å². The summed E-state index contributed by atoms with van der Waals surface area (Å²) >= 11 is 0. The average molecular weight is 378 g/mol. The second-order valence-corrected chi connectivity index (χ2v) is 7.34. The van der Waals surface area contributed by atoms with Gasteiger partial charge in [0.1, 0.15) is 11.3 Å². The number of aromatic nitrogens is 3. The lowest BCUT2D eigenvalue weighted by atomic mass is 10.1. The van der Waals surface area contributed by atoms with E-state index in [0.717, 1.165) is 12.8 Å². The highest BCUT2D eigenvalue weighted by molar-refractivity contribution is 6.01. The third-order valence-corrected chi connectivity index (χ3v) is 4.92. The standard InChI is InChI=1S/C20H22N6O2/c1-25(2)11-15-17(18(21)27)19-22-8-7-16(26(19)24-15)20(28)23-14-9-12-5-3-4-6-13(12)10-14/h3-8,14H,9-11H2,1-2H3,(H2,21,27)(H,23,28). The average Bonchev–Trinajstić information content (AvgIpc) is 3.20. The van der Waals surface area contributed by atoms with E-state index in [9.17, 15) is 9.59 Å². The summed E-state index contributed by atoms with van der Waals surface area (Å²) in [6, 6.07) is 9.83. The Labute approximate surface area is 162 Å². The number of fused-ring (bicyclic) bond motifs is 2. The van der Waals surface area contributed by atoms with Gasteiger partial charge < -0.3 is 16.0 Å². The van der Waals surface area contributed by atoms with Crippen LogP contribution in [0.3, 0.4) is 0 Å². The molecule has 8 nitrogen and oxygen atoms in total. The highest BCUT2D eigenvalue weighted by Crippen LogP contribution is 2.22. The molecular weight excluding hydrogens is 356 g/mol. The van der Waals surface area contributed by atoms with Gasteiger partial charge in [-0.25, -0.2) is 9.50 Å². The van der Waals surface area contributed by atoms with E-state index >= 15 is 0 Å². The summed E-state index contributed by atoms with van der Waals surface area (Å²) in [5, 5.41) is 7.54. The molecule has 0 fully saturated rings. The molecule has 144 valence electrons. The molecule has 0 saturated heterocycles. The molecule has 0 bridgehead atoms.